The molecule has 9 heteroatoms. The average Bonchev–Trinajstić information content (AvgIpc) is 2.65. The second kappa shape index (κ2) is 16.3. The molecule has 0 fully saturated rings. The first-order chi connectivity index (χ1) is 13.2. The lowest BCUT2D eigenvalue weighted by Crippen LogP contribution is -2.18. The Morgan fingerprint density at radius 3 is 1.93 bits per heavy atom. The van der Waals surface area contributed by atoms with Crippen molar-refractivity contribution in [3.63, 3.8) is 0 Å². The summed E-state index contributed by atoms with van der Waals surface area (Å²) in [7, 11) is 1.64. The Morgan fingerprint density at radius 2 is 1.37 bits per heavy atom. The molecular formula is C18H30N2O7. The van der Waals surface area contributed by atoms with E-state index in [1.54, 1.807) is 25.3 Å². The summed E-state index contributed by atoms with van der Waals surface area (Å²) in [5, 5.41) is 3.12. The summed E-state index contributed by atoms with van der Waals surface area (Å²) in [6.45, 7) is 5.32. The first-order valence-electron chi connectivity index (χ1n) is 8.84. The number of anilines is 1. The normalized spacial score (nSPS) is 10.7. The van der Waals surface area contributed by atoms with Crippen LogP contribution in [0.25, 0.3) is 0 Å². The summed E-state index contributed by atoms with van der Waals surface area (Å²) < 4.78 is 31.3. The Bertz CT molecular complexity index is 502. The molecule has 0 saturated heterocycles. The standard InChI is InChI=1S/C18H30N2O7/c1-22-8-9-24-12-13-26-15-14-25-11-10-23-7-6-20-16-4-2-3-5-17(16)27-18(19)21/h2-5,20H,6-15H2,1H3,(H2,19,21). The van der Waals surface area contributed by atoms with Crippen LogP contribution in [0.2, 0.25) is 0 Å². The number of rotatable bonds is 17. The van der Waals surface area contributed by atoms with Gasteiger partial charge in [0.1, 0.15) is 0 Å². The van der Waals surface area contributed by atoms with E-state index < -0.39 is 6.09 Å². The van der Waals surface area contributed by atoms with Crippen LogP contribution in [0.4, 0.5) is 10.5 Å². The molecule has 0 unspecified atom stereocenters. The van der Waals surface area contributed by atoms with Crippen LogP contribution in [0.5, 0.6) is 5.75 Å². The van der Waals surface area contributed by atoms with Crippen LogP contribution in [0.1, 0.15) is 0 Å². The number of carbonyl (C=O) groups excluding carboxylic acids is 1. The first-order valence-corrected chi connectivity index (χ1v) is 8.84. The van der Waals surface area contributed by atoms with Crippen molar-refractivity contribution in [2.45, 2.75) is 0 Å². The fourth-order valence-electron chi connectivity index (χ4n) is 1.97. The monoisotopic (exact) mass is 386 g/mol. The van der Waals surface area contributed by atoms with Gasteiger partial charge >= 0.3 is 6.09 Å². The highest BCUT2D eigenvalue weighted by Gasteiger charge is 2.04. The molecule has 0 spiro atoms. The maximum atomic E-state index is 10.8. The lowest BCUT2D eigenvalue weighted by Gasteiger charge is -2.11. The van der Waals surface area contributed by atoms with E-state index in [9.17, 15) is 4.79 Å². The minimum Gasteiger partial charge on any atom is -0.408 e. The number of hydrogen-bond donors (Lipinski definition) is 2. The maximum absolute atomic E-state index is 10.8. The lowest BCUT2D eigenvalue weighted by molar-refractivity contribution is -0.00700. The van der Waals surface area contributed by atoms with Crippen LogP contribution in [0.15, 0.2) is 24.3 Å². The Labute approximate surface area is 160 Å². The molecule has 27 heavy (non-hydrogen) atoms. The van der Waals surface area contributed by atoms with E-state index in [4.69, 9.17) is 34.2 Å². The van der Waals surface area contributed by atoms with Gasteiger partial charge in [-0.2, -0.15) is 0 Å². The van der Waals surface area contributed by atoms with Crippen molar-refractivity contribution in [3.8, 4) is 5.75 Å². The number of para-hydroxylation sites is 2. The minimum atomic E-state index is -0.847. The van der Waals surface area contributed by atoms with E-state index in [-0.39, 0.29) is 0 Å². The van der Waals surface area contributed by atoms with Gasteiger partial charge in [0.25, 0.3) is 0 Å². The Morgan fingerprint density at radius 1 is 0.852 bits per heavy atom. The maximum Gasteiger partial charge on any atom is 0.410 e. The quantitative estimate of drug-likeness (QED) is 0.385. The van der Waals surface area contributed by atoms with E-state index in [1.165, 1.54) is 0 Å². The van der Waals surface area contributed by atoms with Crippen LogP contribution in [-0.2, 0) is 23.7 Å². The molecule has 0 aliphatic heterocycles. The molecule has 0 heterocycles. The number of ether oxygens (including phenoxy) is 6. The Kier molecular flexibility index (Phi) is 13.9. The van der Waals surface area contributed by atoms with Gasteiger partial charge in [0.15, 0.2) is 5.75 Å². The molecule has 0 atom stereocenters. The number of nitrogens with two attached hydrogens (primary N) is 1. The van der Waals surface area contributed by atoms with Crippen molar-refractivity contribution >= 4 is 11.8 Å². The number of primary amides is 1. The van der Waals surface area contributed by atoms with Gasteiger partial charge in [-0.05, 0) is 12.1 Å². The predicted molar refractivity (Wildman–Crippen MR) is 100 cm³/mol. The molecule has 9 nitrogen and oxygen atoms in total. The van der Waals surface area contributed by atoms with E-state index >= 15 is 0 Å². The van der Waals surface area contributed by atoms with E-state index in [0.29, 0.717) is 77.4 Å². The smallest absolute Gasteiger partial charge is 0.408 e. The van der Waals surface area contributed by atoms with Crippen molar-refractivity contribution in [1.82, 2.24) is 0 Å². The third-order valence-corrected chi connectivity index (χ3v) is 3.21. The second-order valence-corrected chi connectivity index (χ2v) is 5.29. The molecule has 1 aromatic carbocycles. The molecule has 0 bridgehead atoms. The summed E-state index contributed by atoms with van der Waals surface area (Å²) in [5.41, 5.74) is 5.71. The zero-order valence-electron chi connectivity index (χ0n) is 15.8. The summed E-state index contributed by atoms with van der Waals surface area (Å²) in [4.78, 5) is 10.8. The molecule has 1 amide bonds. The van der Waals surface area contributed by atoms with Gasteiger partial charge in [0.2, 0.25) is 0 Å². The van der Waals surface area contributed by atoms with Crippen LogP contribution < -0.4 is 15.8 Å². The summed E-state index contributed by atoms with van der Waals surface area (Å²) in [6, 6.07) is 7.05. The van der Waals surface area contributed by atoms with Crippen LogP contribution in [0, 0.1) is 0 Å². The average molecular weight is 386 g/mol. The Balaban J connectivity index is 1.90. The number of nitrogens with one attached hydrogen (secondary N) is 1. The Hall–Kier alpha value is -1.91. The van der Waals surface area contributed by atoms with E-state index in [0.717, 1.165) is 0 Å². The second-order valence-electron chi connectivity index (χ2n) is 5.29. The molecule has 0 radical (unpaired) electrons. The fourth-order valence-corrected chi connectivity index (χ4v) is 1.97. The highest BCUT2D eigenvalue weighted by Crippen LogP contribution is 2.23. The number of hydrogen-bond acceptors (Lipinski definition) is 8. The molecule has 0 saturated carbocycles. The van der Waals surface area contributed by atoms with Gasteiger partial charge in [0.05, 0.1) is 65.1 Å². The third kappa shape index (κ3) is 13.0. The number of carbonyl (C=O) groups is 1. The van der Waals surface area contributed by atoms with Crippen LogP contribution >= 0.6 is 0 Å². The van der Waals surface area contributed by atoms with Crippen LogP contribution in [-0.4, -0.2) is 79.2 Å². The van der Waals surface area contributed by atoms with Gasteiger partial charge in [-0.15, -0.1) is 0 Å². The van der Waals surface area contributed by atoms with E-state index in [1.807, 2.05) is 6.07 Å². The lowest BCUT2D eigenvalue weighted by atomic mass is 10.3. The van der Waals surface area contributed by atoms with Gasteiger partial charge in [-0.1, -0.05) is 12.1 Å². The van der Waals surface area contributed by atoms with Gasteiger partial charge < -0.3 is 39.5 Å². The number of amides is 1. The molecule has 0 aliphatic rings. The first kappa shape index (κ1) is 23.1. The molecule has 3 N–H and O–H groups in total. The molecule has 1 aromatic rings. The highest BCUT2D eigenvalue weighted by atomic mass is 16.6. The zero-order chi connectivity index (χ0) is 19.6. The summed E-state index contributed by atoms with van der Waals surface area (Å²) >= 11 is 0. The van der Waals surface area contributed by atoms with Gasteiger partial charge in [-0.3, -0.25) is 0 Å². The summed E-state index contributed by atoms with van der Waals surface area (Å²) in [5.74, 6) is 0.387. The van der Waals surface area contributed by atoms with E-state index in [2.05, 4.69) is 5.32 Å². The largest absolute Gasteiger partial charge is 0.410 e. The molecule has 1 rings (SSSR count). The SMILES string of the molecule is COCCOCCOCCOCCOCCNc1ccccc1OC(N)=O. The minimum absolute atomic E-state index is 0.387. The predicted octanol–water partition coefficient (Wildman–Crippen LogP) is 1.27. The number of methoxy groups -OCH3 is 1. The van der Waals surface area contributed by atoms with Crippen molar-refractivity contribution in [3.05, 3.63) is 24.3 Å². The van der Waals surface area contributed by atoms with Crippen molar-refractivity contribution in [2.75, 3.05) is 78.4 Å². The highest BCUT2D eigenvalue weighted by molar-refractivity contribution is 5.71. The molecule has 0 aliphatic carbocycles. The molecule has 154 valence electrons. The third-order valence-electron chi connectivity index (χ3n) is 3.21. The van der Waals surface area contributed by atoms with Crippen LogP contribution in [0.3, 0.4) is 0 Å². The van der Waals surface area contributed by atoms with Gasteiger partial charge in [-0.25, -0.2) is 4.79 Å². The zero-order valence-corrected chi connectivity index (χ0v) is 15.8. The van der Waals surface area contributed by atoms with Crippen molar-refractivity contribution < 1.29 is 33.2 Å². The fraction of sp³-hybridized carbons (Fsp3) is 0.611. The van der Waals surface area contributed by atoms with Gasteiger partial charge in [0, 0.05) is 13.7 Å². The summed E-state index contributed by atoms with van der Waals surface area (Å²) in [6.07, 6.45) is -0.847. The topological polar surface area (TPSA) is 110 Å². The number of benzene rings is 1. The molecule has 0 aromatic heterocycles. The molecular weight excluding hydrogens is 356 g/mol. The van der Waals surface area contributed by atoms with Crippen molar-refractivity contribution in [1.29, 1.82) is 0 Å². The van der Waals surface area contributed by atoms with Crippen molar-refractivity contribution in [2.24, 2.45) is 5.73 Å².